The van der Waals surface area contributed by atoms with Gasteiger partial charge in [-0.15, -0.1) is 0 Å². The van der Waals surface area contributed by atoms with Crippen molar-refractivity contribution in [3.63, 3.8) is 0 Å². The molecule has 1 aliphatic rings. The van der Waals surface area contributed by atoms with Crippen LogP contribution in [-0.2, 0) is 4.74 Å². The summed E-state index contributed by atoms with van der Waals surface area (Å²) in [5.41, 5.74) is -2.08. The van der Waals surface area contributed by atoms with Crippen LogP contribution in [-0.4, -0.2) is 37.8 Å². The van der Waals surface area contributed by atoms with Gasteiger partial charge in [0.1, 0.15) is 7.85 Å². The maximum absolute atomic E-state index is 12.7. The Morgan fingerprint density at radius 1 is 1.50 bits per heavy atom. The highest BCUT2D eigenvalue weighted by Gasteiger charge is 2.63. The topological polar surface area (TPSA) is 29.5 Å². The molecule has 0 amide bonds. The quantitative estimate of drug-likeness (QED) is 0.653. The SMILES string of the molecule is [B][C@@H]1O[C@H](CO)[C@@H](C)[C@]1(C)C(F)(F)F. The summed E-state index contributed by atoms with van der Waals surface area (Å²) in [6.45, 7) is 1.97. The molecule has 0 spiro atoms. The van der Waals surface area contributed by atoms with Crippen molar-refractivity contribution in [1.29, 1.82) is 0 Å². The molecule has 1 N–H and O–H groups in total. The Morgan fingerprint density at radius 2 is 2.00 bits per heavy atom. The zero-order chi connectivity index (χ0) is 11.1. The van der Waals surface area contributed by atoms with Crippen LogP contribution in [0, 0.1) is 11.3 Å². The fourth-order valence-electron chi connectivity index (χ4n) is 1.71. The van der Waals surface area contributed by atoms with Crippen LogP contribution < -0.4 is 0 Å². The number of rotatable bonds is 1. The van der Waals surface area contributed by atoms with Gasteiger partial charge in [0, 0.05) is 11.9 Å². The van der Waals surface area contributed by atoms with Crippen molar-refractivity contribution in [1.82, 2.24) is 0 Å². The molecule has 0 bridgehead atoms. The molecule has 1 rings (SSSR count). The summed E-state index contributed by atoms with van der Waals surface area (Å²) in [5, 5.41) is 8.80. The molecule has 2 radical (unpaired) electrons. The number of alkyl halides is 3. The van der Waals surface area contributed by atoms with Crippen molar-refractivity contribution in [3.05, 3.63) is 0 Å². The predicted molar refractivity (Wildman–Crippen MR) is 44.8 cm³/mol. The van der Waals surface area contributed by atoms with E-state index >= 15 is 0 Å². The Balaban J connectivity index is 2.99. The van der Waals surface area contributed by atoms with E-state index in [1.54, 1.807) is 0 Å². The largest absolute Gasteiger partial charge is 0.396 e. The van der Waals surface area contributed by atoms with Crippen molar-refractivity contribution in [3.8, 4) is 0 Å². The van der Waals surface area contributed by atoms with Gasteiger partial charge in [-0.1, -0.05) is 6.92 Å². The lowest BCUT2D eigenvalue weighted by Gasteiger charge is -2.34. The first-order chi connectivity index (χ1) is 6.25. The molecule has 0 saturated carbocycles. The molecule has 1 fully saturated rings. The molecule has 80 valence electrons. The minimum Gasteiger partial charge on any atom is -0.394 e. The average Bonchev–Trinajstić information content (AvgIpc) is 2.29. The number of hydrogen-bond acceptors (Lipinski definition) is 2. The van der Waals surface area contributed by atoms with Gasteiger partial charge in [0.05, 0.1) is 18.1 Å². The Hall–Kier alpha value is -0.225. The third-order valence-corrected chi connectivity index (χ3v) is 3.21. The maximum atomic E-state index is 12.7. The second kappa shape index (κ2) is 3.41. The van der Waals surface area contributed by atoms with Gasteiger partial charge in [0.15, 0.2) is 0 Å². The smallest absolute Gasteiger partial charge is 0.394 e. The summed E-state index contributed by atoms with van der Waals surface area (Å²) >= 11 is 0. The lowest BCUT2D eigenvalue weighted by Crippen LogP contribution is -2.46. The number of hydrogen-bond donors (Lipinski definition) is 1. The van der Waals surface area contributed by atoms with E-state index in [9.17, 15) is 13.2 Å². The van der Waals surface area contributed by atoms with Crippen LogP contribution in [0.25, 0.3) is 0 Å². The van der Waals surface area contributed by atoms with Gasteiger partial charge in [0.2, 0.25) is 0 Å². The van der Waals surface area contributed by atoms with Crippen LogP contribution in [0.5, 0.6) is 0 Å². The molecule has 0 aromatic heterocycles. The molecule has 1 saturated heterocycles. The molecule has 2 nitrogen and oxygen atoms in total. The van der Waals surface area contributed by atoms with Crippen molar-refractivity contribution >= 4 is 7.85 Å². The standard InChI is InChI=1S/C8H12BF3O2/c1-4-5(3-13)14-6(9)7(4,2)8(10,11)12/h4-6,13H,3H2,1-2H3/t4-,5-,6-,7+/m1/s1. The number of halogens is 3. The van der Waals surface area contributed by atoms with Gasteiger partial charge >= 0.3 is 6.18 Å². The van der Waals surface area contributed by atoms with Gasteiger partial charge in [-0.3, -0.25) is 0 Å². The highest BCUT2D eigenvalue weighted by molar-refractivity contribution is 6.11. The second-order valence-electron chi connectivity index (χ2n) is 3.85. The van der Waals surface area contributed by atoms with Crippen molar-refractivity contribution in [2.45, 2.75) is 32.1 Å². The molecule has 0 aromatic carbocycles. The minimum absolute atomic E-state index is 0.444. The monoisotopic (exact) mass is 208 g/mol. The summed E-state index contributed by atoms with van der Waals surface area (Å²) in [7, 11) is 5.30. The predicted octanol–water partition coefficient (Wildman–Crippen LogP) is 1.08. The van der Waals surface area contributed by atoms with E-state index in [1.807, 2.05) is 0 Å². The lowest BCUT2D eigenvalue weighted by molar-refractivity contribution is -0.232. The van der Waals surface area contributed by atoms with Crippen molar-refractivity contribution < 1.29 is 23.0 Å². The first kappa shape index (κ1) is 11.8. The normalized spacial score (nSPS) is 44.3. The average molecular weight is 208 g/mol. The zero-order valence-electron chi connectivity index (χ0n) is 8.01. The lowest BCUT2D eigenvalue weighted by atomic mass is 9.67. The van der Waals surface area contributed by atoms with Gasteiger partial charge < -0.3 is 9.84 Å². The van der Waals surface area contributed by atoms with Gasteiger partial charge in [0.25, 0.3) is 0 Å². The molecule has 1 heterocycles. The van der Waals surface area contributed by atoms with Crippen LogP contribution in [0.3, 0.4) is 0 Å². The molecule has 4 atom stereocenters. The molecule has 0 aliphatic carbocycles. The molecular formula is C8H12BF3O2. The number of aliphatic hydroxyl groups is 1. The molecule has 0 aromatic rings. The zero-order valence-corrected chi connectivity index (χ0v) is 8.01. The van der Waals surface area contributed by atoms with E-state index in [4.69, 9.17) is 17.7 Å². The van der Waals surface area contributed by atoms with E-state index in [-0.39, 0.29) is 0 Å². The molecular weight excluding hydrogens is 196 g/mol. The second-order valence-corrected chi connectivity index (χ2v) is 3.85. The summed E-state index contributed by atoms with van der Waals surface area (Å²) in [6.07, 6.45) is -5.26. The summed E-state index contributed by atoms with van der Waals surface area (Å²) in [4.78, 5) is 0. The Morgan fingerprint density at radius 3 is 2.21 bits per heavy atom. The third kappa shape index (κ3) is 1.44. The van der Waals surface area contributed by atoms with Crippen molar-refractivity contribution in [2.24, 2.45) is 11.3 Å². The highest BCUT2D eigenvalue weighted by atomic mass is 19.4. The van der Waals surface area contributed by atoms with Gasteiger partial charge in [-0.25, -0.2) is 0 Å². The molecule has 14 heavy (non-hydrogen) atoms. The van der Waals surface area contributed by atoms with Gasteiger partial charge in [-0.05, 0) is 6.92 Å². The number of ether oxygens (including phenoxy) is 1. The van der Waals surface area contributed by atoms with Crippen LogP contribution in [0.4, 0.5) is 13.2 Å². The molecule has 1 aliphatic heterocycles. The summed E-state index contributed by atoms with van der Waals surface area (Å²) in [6, 6.07) is -1.41. The van der Waals surface area contributed by atoms with Crippen LogP contribution in [0.2, 0.25) is 0 Å². The van der Waals surface area contributed by atoms with Crippen molar-refractivity contribution in [2.75, 3.05) is 6.61 Å². The highest BCUT2D eigenvalue weighted by Crippen LogP contribution is 2.52. The Bertz CT molecular complexity index is 221. The van der Waals surface area contributed by atoms with E-state index in [1.165, 1.54) is 6.92 Å². The van der Waals surface area contributed by atoms with Crippen LogP contribution in [0.15, 0.2) is 0 Å². The van der Waals surface area contributed by atoms with Gasteiger partial charge in [-0.2, -0.15) is 13.2 Å². The summed E-state index contributed by atoms with van der Waals surface area (Å²) < 4.78 is 43.0. The third-order valence-electron chi connectivity index (χ3n) is 3.21. The number of aliphatic hydroxyl groups excluding tert-OH is 1. The van der Waals surface area contributed by atoms with E-state index in [0.717, 1.165) is 6.92 Å². The maximum Gasteiger partial charge on any atom is 0.396 e. The summed E-state index contributed by atoms with van der Waals surface area (Å²) in [5.74, 6) is -0.845. The fourth-order valence-corrected chi connectivity index (χ4v) is 1.71. The minimum atomic E-state index is -4.42. The first-order valence-corrected chi connectivity index (χ1v) is 4.33. The van der Waals surface area contributed by atoms with Crippen LogP contribution in [0.1, 0.15) is 13.8 Å². The molecule has 0 unspecified atom stereocenters. The Kier molecular flexibility index (Phi) is 2.89. The van der Waals surface area contributed by atoms with Crippen LogP contribution >= 0.6 is 0 Å². The van der Waals surface area contributed by atoms with E-state index in [2.05, 4.69) is 0 Å². The Labute approximate surface area is 81.8 Å². The first-order valence-electron chi connectivity index (χ1n) is 4.33. The fraction of sp³-hybridized carbons (Fsp3) is 1.00. The van der Waals surface area contributed by atoms with E-state index < -0.39 is 36.2 Å². The van der Waals surface area contributed by atoms with E-state index in [0.29, 0.717) is 0 Å². The molecule has 6 heteroatoms.